The second kappa shape index (κ2) is 9.94. The van der Waals surface area contributed by atoms with Crippen LogP contribution < -0.4 is 5.32 Å². The van der Waals surface area contributed by atoms with Gasteiger partial charge >= 0.3 is 0 Å². The molecule has 0 saturated heterocycles. The number of thioether (sulfide) groups is 1. The summed E-state index contributed by atoms with van der Waals surface area (Å²) < 4.78 is 5.73. The minimum Gasteiger partial charge on any atom is -0.411 e. The summed E-state index contributed by atoms with van der Waals surface area (Å²) in [4.78, 5) is 12.6. The second-order valence-electron chi connectivity index (χ2n) is 8.09. The molecule has 0 aliphatic heterocycles. The molecule has 3 rings (SSSR count). The largest absolute Gasteiger partial charge is 0.411 e. The van der Waals surface area contributed by atoms with Gasteiger partial charge < -0.3 is 9.73 Å². The first-order chi connectivity index (χ1) is 14.3. The van der Waals surface area contributed by atoms with Crippen molar-refractivity contribution in [2.75, 3.05) is 5.75 Å². The molecule has 0 radical (unpaired) electrons. The first-order valence-electron chi connectivity index (χ1n) is 10.3. The van der Waals surface area contributed by atoms with E-state index in [-0.39, 0.29) is 23.6 Å². The maximum Gasteiger partial charge on any atom is 0.277 e. The van der Waals surface area contributed by atoms with Gasteiger partial charge in [0.1, 0.15) is 0 Å². The SMILES string of the molecule is Cc1ccccc1-c1nnc(SCC(=O)N[C@H](c2ccc(C(C)C)cc2)C(C)C)o1. The Morgan fingerprint density at radius 3 is 2.30 bits per heavy atom. The Labute approximate surface area is 182 Å². The number of benzene rings is 2. The number of hydrogen-bond donors (Lipinski definition) is 1. The molecule has 6 heteroatoms. The van der Waals surface area contributed by atoms with Crippen LogP contribution in [0.5, 0.6) is 0 Å². The molecular weight excluding hydrogens is 394 g/mol. The van der Waals surface area contributed by atoms with E-state index in [1.165, 1.54) is 17.3 Å². The Morgan fingerprint density at radius 2 is 1.67 bits per heavy atom. The lowest BCUT2D eigenvalue weighted by Gasteiger charge is -2.23. The first-order valence-corrected chi connectivity index (χ1v) is 11.2. The van der Waals surface area contributed by atoms with Gasteiger partial charge in [0.25, 0.3) is 5.22 Å². The first kappa shape index (κ1) is 22.1. The molecule has 0 aliphatic carbocycles. The molecule has 0 spiro atoms. The second-order valence-corrected chi connectivity index (χ2v) is 9.01. The van der Waals surface area contributed by atoms with Crippen LogP contribution in [0.3, 0.4) is 0 Å². The smallest absolute Gasteiger partial charge is 0.277 e. The molecule has 1 aromatic heterocycles. The van der Waals surface area contributed by atoms with Gasteiger partial charge in [-0.25, -0.2) is 0 Å². The number of amides is 1. The number of carbonyl (C=O) groups excluding carboxylic acids is 1. The molecule has 1 amide bonds. The molecule has 2 aromatic carbocycles. The number of aromatic nitrogens is 2. The molecule has 158 valence electrons. The maximum atomic E-state index is 12.6. The molecule has 0 unspecified atom stereocenters. The minimum atomic E-state index is -0.0534. The van der Waals surface area contributed by atoms with Crippen molar-refractivity contribution in [1.29, 1.82) is 0 Å². The van der Waals surface area contributed by atoms with Crippen LogP contribution in [-0.4, -0.2) is 21.9 Å². The van der Waals surface area contributed by atoms with Crippen LogP contribution in [0.15, 0.2) is 58.2 Å². The van der Waals surface area contributed by atoms with E-state index >= 15 is 0 Å². The molecule has 5 nitrogen and oxygen atoms in total. The molecule has 0 fully saturated rings. The van der Waals surface area contributed by atoms with Crippen LogP contribution in [0.25, 0.3) is 11.5 Å². The summed E-state index contributed by atoms with van der Waals surface area (Å²) in [5.41, 5.74) is 4.39. The highest BCUT2D eigenvalue weighted by atomic mass is 32.2. The lowest BCUT2D eigenvalue weighted by atomic mass is 9.93. The van der Waals surface area contributed by atoms with E-state index in [1.54, 1.807) is 0 Å². The van der Waals surface area contributed by atoms with Crippen LogP contribution in [0.1, 0.15) is 56.3 Å². The maximum absolute atomic E-state index is 12.6. The zero-order chi connectivity index (χ0) is 21.7. The fraction of sp³-hybridized carbons (Fsp3) is 0.375. The van der Waals surface area contributed by atoms with Crippen molar-refractivity contribution in [2.24, 2.45) is 5.92 Å². The highest BCUT2D eigenvalue weighted by Crippen LogP contribution is 2.27. The molecule has 30 heavy (non-hydrogen) atoms. The van der Waals surface area contributed by atoms with Gasteiger partial charge in [-0.1, -0.05) is 81.9 Å². The van der Waals surface area contributed by atoms with Crippen LogP contribution >= 0.6 is 11.8 Å². The number of nitrogens with zero attached hydrogens (tertiary/aromatic N) is 2. The average molecular weight is 424 g/mol. The quantitative estimate of drug-likeness (QED) is 0.466. The van der Waals surface area contributed by atoms with Crippen LogP contribution in [-0.2, 0) is 4.79 Å². The van der Waals surface area contributed by atoms with Crippen molar-refractivity contribution < 1.29 is 9.21 Å². The summed E-state index contributed by atoms with van der Waals surface area (Å²) in [5.74, 6) is 1.41. The average Bonchev–Trinajstić information content (AvgIpc) is 3.19. The van der Waals surface area contributed by atoms with E-state index in [0.717, 1.165) is 16.7 Å². The highest BCUT2D eigenvalue weighted by Gasteiger charge is 2.19. The zero-order valence-electron chi connectivity index (χ0n) is 18.2. The van der Waals surface area contributed by atoms with Crippen molar-refractivity contribution in [2.45, 2.75) is 51.8 Å². The Kier molecular flexibility index (Phi) is 7.32. The fourth-order valence-corrected chi connectivity index (χ4v) is 3.83. The van der Waals surface area contributed by atoms with Crippen molar-refractivity contribution in [1.82, 2.24) is 15.5 Å². The third-order valence-corrected chi connectivity index (χ3v) is 5.87. The Bertz CT molecular complexity index is 980. The lowest BCUT2D eigenvalue weighted by Crippen LogP contribution is -2.33. The number of hydrogen-bond acceptors (Lipinski definition) is 5. The van der Waals surface area contributed by atoms with Gasteiger partial charge in [-0.05, 0) is 41.5 Å². The van der Waals surface area contributed by atoms with Gasteiger partial charge in [0, 0.05) is 5.56 Å². The van der Waals surface area contributed by atoms with Crippen molar-refractivity contribution in [3.05, 3.63) is 65.2 Å². The van der Waals surface area contributed by atoms with Gasteiger partial charge in [0.05, 0.1) is 11.8 Å². The Balaban J connectivity index is 1.61. The minimum absolute atomic E-state index is 0.0375. The molecule has 1 heterocycles. The zero-order valence-corrected chi connectivity index (χ0v) is 19.0. The molecule has 3 aromatic rings. The summed E-state index contributed by atoms with van der Waals surface area (Å²) in [6.45, 7) is 10.6. The topological polar surface area (TPSA) is 68.0 Å². The summed E-state index contributed by atoms with van der Waals surface area (Å²) in [7, 11) is 0. The number of aryl methyl sites for hydroxylation is 1. The van der Waals surface area contributed by atoms with E-state index in [1.807, 2.05) is 31.2 Å². The molecule has 0 saturated carbocycles. The van der Waals surface area contributed by atoms with Crippen LogP contribution in [0.2, 0.25) is 0 Å². The van der Waals surface area contributed by atoms with Crippen LogP contribution in [0, 0.1) is 12.8 Å². The van der Waals surface area contributed by atoms with Gasteiger partial charge in [-0.2, -0.15) is 0 Å². The van der Waals surface area contributed by atoms with E-state index in [0.29, 0.717) is 17.0 Å². The summed E-state index contributed by atoms with van der Waals surface area (Å²) in [6, 6.07) is 16.3. The van der Waals surface area contributed by atoms with E-state index in [2.05, 4.69) is 67.5 Å². The summed E-state index contributed by atoms with van der Waals surface area (Å²) >= 11 is 1.25. The number of nitrogens with one attached hydrogen (secondary N) is 1. The molecule has 1 N–H and O–H groups in total. The lowest BCUT2D eigenvalue weighted by molar-refractivity contribution is -0.119. The summed E-state index contributed by atoms with van der Waals surface area (Å²) in [5, 5.41) is 11.7. The number of carbonyl (C=O) groups is 1. The molecule has 0 bridgehead atoms. The molecular formula is C24H29N3O2S. The van der Waals surface area contributed by atoms with E-state index in [4.69, 9.17) is 4.42 Å². The third-order valence-electron chi connectivity index (χ3n) is 5.05. The van der Waals surface area contributed by atoms with Gasteiger partial charge in [0.15, 0.2) is 0 Å². The van der Waals surface area contributed by atoms with E-state index < -0.39 is 0 Å². The monoisotopic (exact) mass is 423 g/mol. The predicted octanol–water partition coefficient (Wildman–Crippen LogP) is 5.77. The standard InChI is InChI=1S/C24H29N3O2S/c1-15(2)18-10-12-19(13-11-18)22(16(3)4)25-21(28)14-30-24-27-26-23(29-24)20-9-7-6-8-17(20)5/h6-13,15-16,22H,14H2,1-5H3,(H,25,28)/t22-/m0/s1. The third kappa shape index (κ3) is 5.51. The van der Waals surface area contributed by atoms with Crippen molar-refractivity contribution in [3.63, 3.8) is 0 Å². The van der Waals surface area contributed by atoms with Gasteiger partial charge in [-0.15, -0.1) is 10.2 Å². The highest BCUT2D eigenvalue weighted by molar-refractivity contribution is 7.99. The Morgan fingerprint density at radius 1 is 1.00 bits per heavy atom. The fourth-order valence-electron chi connectivity index (χ4n) is 3.26. The van der Waals surface area contributed by atoms with Gasteiger partial charge in [0.2, 0.25) is 11.8 Å². The van der Waals surface area contributed by atoms with Crippen molar-refractivity contribution >= 4 is 17.7 Å². The van der Waals surface area contributed by atoms with Crippen LogP contribution in [0.4, 0.5) is 0 Å². The normalized spacial score (nSPS) is 12.4. The Hall–Kier alpha value is -2.60. The summed E-state index contributed by atoms with van der Waals surface area (Å²) in [6.07, 6.45) is 0. The van der Waals surface area contributed by atoms with Crippen molar-refractivity contribution in [3.8, 4) is 11.5 Å². The molecule has 1 atom stereocenters. The van der Waals surface area contributed by atoms with E-state index in [9.17, 15) is 4.79 Å². The predicted molar refractivity (Wildman–Crippen MR) is 121 cm³/mol. The number of rotatable bonds is 8. The van der Waals surface area contributed by atoms with Gasteiger partial charge in [-0.3, -0.25) is 4.79 Å². The molecule has 0 aliphatic rings.